The topological polar surface area (TPSA) is 81.5 Å². The lowest BCUT2D eigenvalue weighted by Crippen LogP contribution is -2.22. The quantitative estimate of drug-likeness (QED) is 0.310. The molecule has 0 spiro atoms. The summed E-state index contributed by atoms with van der Waals surface area (Å²) in [7, 11) is -1.10. The van der Waals surface area contributed by atoms with Gasteiger partial charge in [-0.1, -0.05) is 39.4 Å². The number of nitriles is 1. The van der Waals surface area contributed by atoms with Crippen LogP contribution in [0.3, 0.4) is 0 Å². The van der Waals surface area contributed by atoms with Crippen molar-refractivity contribution in [3.63, 3.8) is 0 Å². The Morgan fingerprint density at radius 3 is 2.83 bits per heavy atom. The molecule has 3 rings (SSSR count). The lowest BCUT2D eigenvalue weighted by Gasteiger charge is -2.15. The fourth-order valence-electron chi connectivity index (χ4n) is 3.41. The minimum atomic E-state index is -1.10. The largest absolute Gasteiger partial charge is 0.361 e. The zero-order chi connectivity index (χ0) is 21.6. The number of hydrogen-bond acceptors (Lipinski definition) is 5. The molecular formula is C22H32N6OSi. The minimum absolute atomic E-state index is 0.102. The Hall–Kier alpha value is -2.50. The summed E-state index contributed by atoms with van der Waals surface area (Å²) in [6.07, 6.45) is 11.0. The highest BCUT2D eigenvalue weighted by Gasteiger charge is 2.16. The third-order valence-electron chi connectivity index (χ3n) is 5.25. The van der Waals surface area contributed by atoms with Crippen LogP contribution in [-0.4, -0.2) is 39.0 Å². The predicted molar refractivity (Wildman–Crippen MR) is 122 cm³/mol. The molecule has 0 aliphatic rings. The van der Waals surface area contributed by atoms with E-state index in [4.69, 9.17) is 4.74 Å². The summed E-state index contributed by atoms with van der Waals surface area (Å²) in [6, 6.07) is 5.57. The normalized spacial score (nSPS) is 12.9. The van der Waals surface area contributed by atoms with E-state index in [1.54, 1.807) is 6.33 Å². The van der Waals surface area contributed by atoms with Crippen molar-refractivity contribution < 1.29 is 4.74 Å². The average molecular weight is 425 g/mol. The van der Waals surface area contributed by atoms with Crippen molar-refractivity contribution in [3.05, 3.63) is 31.0 Å². The van der Waals surface area contributed by atoms with E-state index in [-0.39, 0.29) is 6.04 Å². The van der Waals surface area contributed by atoms with Crippen molar-refractivity contribution in [2.45, 2.75) is 71.1 Å². The monoisotopic (exact) mass is 424 g/mol. The zero-order valence-corrected chi connectivity index (χ0v) is 19.5. The molecule has 8 heteroatoms. The lowest BCUT2D eigenvalue weighted by molar-refractivity contribution is 0.0899. The van der Waals surface area contributed by atoms with Gasteiger partial charge in [-0.3, -0.25) is 4.68 Å². The summed E-state index contributed by atoms with van der Waals surface area (Å²) in [5, 5.41) is 14.7. The first-order valence-electron chi connectivity index (χ1n) is 10.7. The van der Waals surface area contributed by atoms with Gasteiger partial charge in [0.1, 0.15) is 18.7 Å². The molecule has 0 saturated heterocycles. The van der Waals surface area contributed by atoms with E-state index in [1.165, 1.54) is 0 Å². The molecule has 3 heterocycles. The van der Waals surface area contributed by atoms with Crippen LogP contribution in [0.15, 0.2) is 31.0 Å². The molecule has 160 valence electrons. The molecule has 0 amide bonds. The SMILES string of the molecule is CCCCC(CC#N)n1cc(-c2ncnc3c2ccn3COCC[Si](C)(C)C)cn1. The Labute approximate surface area is 179 Å². The number of hydrogen-bond donors (Lipinski definition) is 0. The van der Waals surface area contributed by atoms with E-state index in [1.807, 2.05) is 33.9 Å². The minimum Gasteiger partial charge on any atom is -0.361 e. The molecule has 0 radical (unpaired) electrons. The van der Waals surface area contributed by atoms with Gasteiger partial charge in [-0.25, -0.2) is 9.97 Å². The van der Waals surface area contributed by atoms with E-state index in [2.05, 4.69) is 47.7 Å². The van der Waals surface area contributed by atoms with Crippen LogP contribution in [-0.2, 0) is 11.5 Å². The number of ether oxygens (including phenoxy) is 1. The molecule has 1 unspecified atom stereocenters. The van der Waals surface area contributed by atoms with Crippen LogP contribution in [0.1, 0.15) is 38.6 Å². The first-order chi connectivity index (χ1) is 14.4. The first-order valence-corrected chi connectivity index (χ1v) is 14.4. The van der Waals surface area contributed by atoms with Gasteiger partial charge in [0.2, 0.25) is 0 Å². The third-order valence-corrected chi connectivity index (χ3v) is 6.95. The van der Waals surface area contributed by atoms with Gasteiger partial charge in [0.25, 0.3) is 0 Å². The number of nitrogens with zero attached hydrogens (tertiary/aromatic N) is 6. The van der Waals surface area contributed by atoms with Crippen molar-refractivity contribution in [1.29, 1.82) is 5.26 Å². The van der Waals surface area contributed by atoms with Crippen LogP contribution >= 0.6 is 0 Å². The standard InChI is InChI=1S/C22H32N6OSi/c1-5-6-7-19(8-10-23)28-15-18(14-26-28)21-20-9-11-27(22(20)25-16-24-21)17-29-12-13-30(2,3)4/h9,11,14-16,19H,5-8,12-13,17H2,1-4H3. The van der Waals surface area contributed by atoms with E-state index in [0.717, 1.165) is 54.2 Å². The molecule has 0 N–H and O–H groups in total. The molecule has 1 atom stereocenters. The highest BCUT2D eigenvalue weighted by atomic mass is 28.3. The van der Waals surface area contributed by atoms with Crippen LogP contribution < -0.4 is 0 Å². The summed E-state index contributed by atoms with van der Waals surface area (Å²) >= 11 is 0. The van der Waals surface area contributed by atoms with E-state index < -0.39 is 8.07 Å². The Kier molecular flexibility index (Phi) is 7.40. The predicted octanol–water partition coefficient (Wildman–Crippen LogP) is 5.25. The number of aromatic nitrogens is 5. The maximum atomic E-state index is 9.17. The molecule has 0 aliphatic carbocycles. The van der Waals surface area contributed by atoms with Gasteiger partial charge in [-0.2, -0.15) is 10.4 Å². The second-order valence-corrected chi connectivity index (χ2v) is 14.6. The van der Waals surface area contributed by atoms with Crippen molar-refractivity contribution in [2.75, 3.05) is 6.61 Å². The second-order valence-electron chi connectivity index (χ2n) is 8.96. The van der Waals surface area contributed by atoms with E-state index >= 15 is 0 Å². The fourth-order valence-corrected chi connectivity index (χ4v) is 4.17. The van der Waals surface area contributed by atoms with Crippen molar-refractivity contribution in [2.24, 2.45) is 0 Å². The Morgan fingerprint density at radius 1 is 1.27 bits per heavy atom. The molecule has 0 bridgehead atoms. The van der Waals surface area contributed by atoms with Gasteiger partial charge in [-0.15, -0.1) is 0 Å². The van der Waals surface area contributed by atoms with Crippen LogP contribution in [0, 0.1) is 11.3 Å². The fraction of sp³-hybridized carbons (Fsp3) is 0.545. The van der Waals surface area contributed by atoms with Gasteiger partial charge >= 0.3 is 0 Å². The Bertz CT molecular complexity index is 997. The maximum Gasteiger partial charge on any atom is 0.145 e. The Morgan fingerprint density at radius 2 is 2.10 bits per heavy atom. The molecule has 0 saturated carbocycles. The molecule has 7 nitrogen and oxygen atoms in total. The summed E-state index contributed by atoms with van der Waals surface area (Å²) in [4.78, 5) is 9.00. The van der Waals surface area contributed by atoms with Gasteiger partial charge < -0.3 is 9.30 Å². The maximum absolute atomic E-state index is 9.17. The highest BCUT2D eigenvalue weighted by molar-refractivity contribution is 6.76. The third kappa shape index (κ3) is 5.55. The van der Waals surface area contributed by atoms with E-state index in [0.29, 0.717) is 13.2 Å². The molecule has 0 fully saturated rings. The average Bonchev–Trinajstić information content (AvgIpc) is 3.35. The van der Waals surface area contributed by atoms with Gasteiger partial charge in [0.15, 0.2) is 0 Å². The molecule has 0 aromatic carbocycles. The van der Waals surface area contributed by atoms with Crippen LogP contribution in [0.5, 0.6) is 0 Å². The van der Waals surface area contributed by atoms with Crippen molar-refractivity contribution in [3.8, 4) is 17.3 Å². The van der Waals surface area contributed by atoms with E-state index in [9.17, 15) is 5.26 Å². The van der Waals surface area contributed by atoms with Crippen molar-refractivity contribution >= 4 is 19.1 Å². The molecule has 3 aromatic heterocycles. The second kappa shape index (κ2) is 10.0. The van der Waals surface area contributed by atoms with Crippen LogP contribution in [0.2, 0.25) is 25.7 Å². The molecule has 30 heavy (non-hydrogen) atoms. The van der Waals surface area contributed by atoms with Crippen LogP contribution in [0.25, 0.3) is 22.3 Å². The summed E-state index contributed by atoms with van der Waals surface area (Å²) < 4.78 is 9.84. The summed E-state index contributed by atoms with van der Waals surface area (Å²) in [5.74, 6) is 0. The Balaban J connectivity index is 1.78. The summed E-state index contributed by atoms with van der Waals surface area (Å²) in [5.41, 5.74) is 2.66. The highest BCUT2D eigenvalue weighted by Crippen LogP contribution is 2.28. The smallest absolute Gasteiger partial charge is 0.145 e. The van der Waals surface area contributed by atoms with Gasteiger partial charge in [0.05, 0.1) is 30.4 Å². The molecule has 3 aromatic rings. The number of fused-ring (bicyclic) bond motifs is 1. The number of unbranched alkanes of at least 4 members (excludes halogenated alkanes) is 1. The van der Waals surface area contributed by atoms with Crippen molar-refractivity contribution in [1.82, 2.24) is 24.3 Å². The summed E-state index contributed by atoms with van der Waals surface area (Å²) in [6.45, 7) is 10.5. The van der Waals surface area contributed by atoms with Crippen LogP contribution in [0.4, 0.5) is 0 Å². The number of rotatable bonds is 11. The molecular weight excluding hydrogens is 392 g/mol. The van der Waals surface area contributed by atoms with Gasteiger partial charge in [0, 0.05) is 38.0 Å². The first kappa shape index (κ1) is 22.2. The van der Waals surface area contributed by atoms with Gasteiger partial charge in [-0.05, 0) is 18.5 Å². The molecule has 0 aliphatic heterocycles. The zero-order valence-electron chi connectivity index (χ0n) is 18.5. The lowest BCUT2D eigenvalue weighted by atomic mass is 10.1.